The number of alkyl halides is 3. The van der Waals surface area contributed by atoms with Gasteiger partial charge in [-0.2, -0.15) is 13.2 Å². The summed E-state index contributed by atoms with van der Waals surface area (Å²) in [5.74, 6) is -0.205. The quantitative estimate of drug-likeness (QED) is 0.681. The summed E-state index contributed by atoms with van der Waals surface area (Å²) in [7, 11) is 0. The van der Waals surface area contributed by atoms with Crippen LogP contribution in [0.1, 0.15) is 44.0 Å². The Balaban J connectivity index is 2.06. The van der Waals surface area contributed by atoms with Crippen molar-refractivity contribution in [2.75, 3.05) is 6.61 Å². The van der Waals surface area contributed by atoms with Crippen LogP contribution in [0.5, 0.6) is 5.75 Å². The highest BCUT2D eigenvalue weighted by molar-refractivity contribution is 5.36. The van der Waals surface area contributed by atoms with E-state index in [1.165, 1.54) is 6.20 Å². The van der Waals surface area contributed by atoms with Crippen LogP contribution in [0.2, 0.25) is 0 Å². The fourth-order valence-corrected chi connectivity index (χ4v) is 2.29. The lowest BCUT2D eigenvalue weighted by Gasteiger charge is -2.21. The van der Waals surface area contributed by atoms with Gasteiger partial charge in [-0.1, -0.05) is 51.1 Å². The van der Waals surface area contributed by atoms with Crippen LogP contribution >= 0.6 is 0 Å². The lowest BCUT2D eigenvalue weighted by atomic mass is 9.90. The van der Waals surface area contributed by atoms with Crippen LogP contribution in [0.25, 0.3) is 0 Å². The van der Waals surface area contributed by atoms with Crippen molar-refractivity contribution in [3.8, 4) is 5.75 Å². The van der Waals surface area contributed by atoms with E-state index < -0.39 is 17.2 Å². The number of benzene rings is 1. The van der Waals surface area contributed by atoms with E-state index in [0.29, 0.717) is 12.1 Å². The van der Waals surface area contributed by atoms with E-state index in [-0.39, 0.29) is 12.4 Å². The maximum atomic E-state index is 13.3. The third kappa shape index (κ3) is 4.98. The molecule has 0 radical (unpaired) electrons. The molecule has 0 fully saturated rings. The number of aromatic nitrogens is 1. The van der Waals surface area contributed by atoms with Gasteiger partial charge in [0.25, 0.3) is 0 Å². The Morgan fingerprint density at radius 1 is 1.04 bits per heavy atom. The number of ether oxygens (including phenoxy) is 1. The molecule has 0 N–H and O–H groups in total. The van der Waals surface area contributed by atoms with Crippen molar-refractivity contribution in [3.63, 3.8) is 0 Å². The molecule has 1 heterocycles. The molecule has 0 amide bonds. The van der Waals surface area contributed by atoms with Crippen molar-refractivity contribution >= 4 is 0 Å². The number of aryl methyl sites for hydroxylation is 1. The molecule has 5 heteroatoms. The molecule has 24 heavy (non-hydrogen) atoms. The predicted octanol–water partition coefficient (Wildman–Crippen LogP) is 5.41. The highest BCUT2D eigenvalue weighted by Gasteiger charge is 2.36. The lowest BCUT2D eigenvalue weighted by Crippen LogP contribution is -2.17. The monoisotopic (exact) mass is 337 g/mol. The predicted molar refractivity (Wildman–Crippen MR) is 88.2 cm³/mol. The Hall–Kier alpha value is -2.04. The number of hydrogen-bond acceptors (Lipinski definition) is 2. The Labute approximate surface area is 140 Å². The van der Waals surface area contributed by atoms with Crippen LogP contribution in [-0.4, -0.2) is 11.6 Å². The van der Waals surface area contributed by atoms with Crippen LogP contribution in [-0.2, 0) is 18.0 Å². The Kier molecular flexibility index (Phi) is 5.52. The molecule has 2 rings (SSSR count). The fraction of sp³-hybridized carbons (Fsp3) is 0.421. The SMILES string of the molecule is CC(C)(C)c1cc(C(F)(F)F)c(OCCCc2ccccc2)cn1. The Morgan fingerprint density at radius 3 is 2.29 bits per heavy atom. The molecule has 1 aromatic carbocycles. The average Bonchev–Trinajstić information content (AvgIpc) is 2.50. The van der Waals surface area contributed by atoms with Crippen molar-refractivity contribution in [2.24, 2.45) is 0 Å². The molecular weight excluding hydrogens is 315 g/mol. The first-order chi connectivity index (χ1) is 11.2. The zero-order valence-electron chi connectivity index (χ0n) is 14.2. The molecule has 0 bridgehead atoms. The largest absolute Gasteiger partial charge is 0.491 e. The van der Waals surface area contributed by atoms with Gasteiger partial charge < -0.3 is 4.74 Å². The van der Waals surface area contributed by atoms with Crippen molar-refractivity contribution in [2.45, 2.75) is 45.2 Å². The molecule has 0 saturated heterocycles. The minimum Gasteiger partial charge on any atom is -0.491 e. The van der Waals surface area contributed by atoms with Gasteiger partial charge in [-0.25, -0.2) is 0 Å². The van der Waals surface area contributed by atoms with E-state index in [1.54, 1.807) is 0 Å². The highest BCUT2D eigenvalue weighted by Crippen LogP contribution is 2.38. The minimum atomic E-state index is -4.46. The summed E-state index contributed by atoms with van der Waals surface area (Å²) in [5, 5.41) is 0. The first-order valence-electron chi connectivity index (χ1n) is 7.92. The zero-order valence-corrected chi connectivity index (χ0v) is 14.2. The lowest BCUT2D eigenvalue weighted by molar-refractivity contribution is -0.139. The van der Waals surface area contributed by atoms with Crippen LogP contribution < -0.4 is 4.74 Å². The van der Waals surface area contributed by atoms with E-state index in [0.717, 1.165) is 18.1 Å². The Bertz CT molecular complexity index is 661. The van der Waals surface area contributed by atoms with E-state index >= 15 is 0 Å². The van der Waals surface area contributed by atoms with Gasteiger partial charge >= 0.3 is 6.18 Å². The molecule has 2 nitrogen and oxygen atoms in total. The topological polar surface area (TPSA) is 22.1 Å². The van der Waals surface area contributed by atoms with Gasteiger partial charge in [0, 0.05) is 11.1 Å². The summed E-state index contributed by atoms with van der Waals surface area (Å²) in [4.78, 5) is 4.14. The fourth-order valence-electron chi connectivity index (χ4n) is 2.29. The first-order valence-corrected chi connectivity index (χ1v) is 7.92. The Morgan fingerprint density at radius 2 is 1.71 bits per heavy atom. The van der Waals surface area contributed by atoms with Crippen LogP contribution in [0.15, 0.2) is 42.6 Å². The first kappa shape index (κ1) is 18.3. The number of nitrogens with zero attached hydrogens (tertiary/aromatic N) is 1. The molecule has 0 aliphatic rings. The van der Waals surface area contributed by atoms with Gasteiger partial charge in [-0.3, -0.25) is 4.98 Å². The number of rotatable bonds is 5. The summed E-state index contributed by atoms with van der Waals surface area (Å²) in [6.07, 6.45) is -1.87. The van der Waals surface area contributed by atoms with E-state index in [1.807, 2.05) is 51.1 Å². The van der Waals surface area contributed by atoms with E-state index in [9.17, 15) is 13.2 Å². The molecule has 0 unspecified atom stereocenters. The second-order valence-electron chi connectivity index (χ2n) is 6.75. The van der Waals surface area contributed by atoms with Crippen molar-refractivity contribution in [1.29, 1.82) is 0 Å². The molecule has 1 aromatic heterocycles. The summed E-state index contributed by atoms with van der Waals surface area (Å²) in [6, 6.07) is 10.9. The van der Waals surface area contributed by atoms with Gasteiger partial charge in [0.1, 0.15) is 11.3 Å². The number of halogens is 3. The van der Waals surface area contributed by atoms with Crippen LogP contribution in [0.3, 0.4) is 0 Å². The molecule has 0 atom stereocenters. The third-order valence-corrected chi connectivity index (χ3v) is 3.65. The van der Waals surface area contributed by atoms with E-state index in [4.69, 9.17) is 4.74 Å². The van der Waals surface area contributed by atoms with E-state index in [2.05, 4.69) is 4.98 Å². The van der Waals surface area contributed by atoms with Crippen molar-refractivity contribution < 1.29 is 17.9 Å². The van der Waals surface area contributed by atoms with Gasteiger partial charge in [0.15, 0.2) is 0 Å². The second-order valence-corrected chi connectivity index (χ2v) is 6.75. The maximum Gasteiger partial charge on any atom is 0.420 e. The minimum absolute atomic E-state index is 0.205. The molecule has 130 valence electrons. The third-order valence-electron chi connectivity index (χ3n) is 3.65. The molecule has 0 saturated carbocycles. The molecule has 0 aliphatic heterocycles. The summed E-state index contributed by atoms with van der Waals surface area (Å²) in [6.45, 7) is 5.70. The maximum absolute atomic E-state index is 13.3. The summed E-state index contributed by atoms with van der Waals surface area (Å²) in [5.41, 5.74) is 0.318. The van der Waals surface area contributed by atoms with Gasteiger partial charge in [-0.05, 0) is 24.5 Å². The molecule has 2 aromatic rings. The summed E-state index contributed by atoms with van der Waals surface area (Å²) < 4.78 is 45.2. The second kappa shape index (κ2) is 7.24. The number of hydrogen-bond donors (Lipinski definition) is 0. The standard InChI is InChI=1S/C19H22F3NO/c1-18(2,3)17-12-15(19(20,21)22)16(13-23-17)24-11-7-10-14-8-5-4-6-9-14/h4-6,8-9,12-13H,7,10-11H2,1-3H3. The van der Waals surface area contributed by atoms with Crippen LogP contribution in [0.4, 0.5) is 13.2 Å². The smallest absolute Gasteiger partial charge is 0.420 e. The molecule has 0 spiro atoms. The normalized spacial score (nSPS) is 12.2. The molecular formula is C19H22F3NO. The van der Waals surface area contributed by atoms with Gasteiger partial charge in [0.05, 0.1) is 12.8 Å². The number of pyridine rings is 1. The molecule has 0 aliphatic carbocycles. The highest BCUT2D eigenvalue weighted by atomic mass is 19.4. The zero-order chi connectivity index (χ0) is 17.8. The van der Waals surface area contributed by atoms with Crippen LogP contribution in [0, 0.1) is 0 Å². The van der Waals surface area contributed by atoms with Crippen molar-refractivity contribution in [3.05, 3.63) is 59.4 Å². The summed E-state index contributed by atoms with van der Waals surface area (Å²) >= 11 is 0. The van der Waals surface area contributed by atoms with Gasteiger partial charge in [-0.15, -0.1) is 0 Å². The van der Waals surface area contributed by atoms with Gasteiger partial charge in [0.2, 0.25) is 0 Å². The average molecular weight is 337 g/mol. The van der Waals surface area contributed by atoms with Crippen molar-refractivity contribution in [1.82, 2.24) is 4.98 Å².